The largest absolute Gasteiger partial charge is 0.493 e. The SMILES string of the molecule is COc1cc(CNC(=O)[C@@]23CCCC[C@H]2CNC3)ccc1OCCN(C)C.Cl.Cl. The van der Waals surface area contributed by atoms with Crippen LogP contribution in [0.3, 0.4) is 0 Å². The first-order valence-corrected chi connectivity index (χ1v) is 9.98. The van der Waals surface area contributed by atoms with Gasteiger partial charge in [0.25, 0.3) is 0 Å². The smallest absolute Gasteiger partial charge is 0.228 e. The highest BCUT2D eigenvalue weighted by atomic mass is 35.5. The van der Waals surface area contributed by atoms with Gasteiger partial charge in [-0.1, -0.05) is 18.9 Å². The Hall–Kier alpha value is -1.21. The second kappa shape index (κ2) is 11.8. The number of carbonyl (C=O) groups is 1. The second-order valence-electron chi connectivity index (χ2n) is 8.05. The van der Waals surface area contributed by atoms with Gasteiger partial charge in [-0.25, -0.2) is 0 Å². The molecule has 1 aromatic rings. The zero-order valence-electron chi connectivity index (χ0n) is 17.7. The number of benzene rings is 1. The van der Waals surface area contributed by atoms with Crippen molar-refractivity contribution in [2.75, 3.05) is 47.4 Å². The van der Waals surface area contributed by atoms with Crippen LogP contribution in [0.1, 0.15) is 31.2 Å². The summed E-state index contributed by atoms with van der Waals surface area (Å²) in [6.07, 6.45) is 4.55. The predicted octanol–water partition coefficient (Wildman–Crippen LogP) is 2.88. The Balaban J connectivity index is 0.00000210. The molecule has 2 atom stereocenters. The standard InChI is InChI=1S/C21H33N3O3.2ClH/c1-24(2)10-11-27-18-8-7-16(12-19(18)26-3)13-23-20(25)21-9-5-4-6-17(21)14-22-15-21;;/h7-8,12,17,22H,4-6,9-11,13-15H2,1-3H3,(H,23,25);2*1H/t17-,21+;;/m0../s1. The summed E-state index contributed by atoms with van der Waals surface area (Å²) >= 11 is 0. The molecule has 29 heavy (non-hydrogen) atoms. The minimum absolute atomic E-state index is 0. The quantitative estimate of drug-likeness (QED) is 0.641. The highest BCUT2D eigenvalue weighted by molar-refractivity contribution is 5.85. The number of hydrogen-bond acceptors (Lipinski definition) is 5. The number of carbonyl (C=O) groups excluding carboxylic acids is 1. The minimum Gasteiger partial charge on any atom is -0.493 e. The molecule has 1 aliphatic carbocycles. The van der Waals surface area contributed by atoms with Gasteiger partial charge < -0.3 is 25.0 Å². The van der Waals surface area contributed by atoms with Crippen LogP contribution in [0, 0.1) is 11.3 Å². The molecule has 166 valence electrons. The Labute approximate surface area is 186 Å². The van der Waals surface area contributed by atoms with Crippen LogP contribution >= 0.6 is 24.8 Å². The molecule has 2 fully saturated rings. The van der Waals surface area contributed by atoms with Crippen LogP contribution in [-0.2, 0) is 11.3 Å². The molecule has 0 spiro atoms. The van der Waals surface area contributed by atoms with E-state index in [0.717, 1.165) is 50.2 Å². The first-order valence-electron chi connectivity index (χ1n) is 9.98. The van der Waals surface area contributed by atoms with Crippen molar-refractivity contribution >= 4 is 30.7 Å². The summed E-state index contributed by atoms with van der Waals surface area (Å²) in [5.74, 6) is 2.12. The van der Waals surface area contributed by atoms with Gasteiger partial charge in [0.2, 0.25) is 5.91 Å². The number of nitrogens with one attached hydrogen (secondary N) is 2. The molecule has 3 rings (SSSR count). The van der Waals surface area contributed by atoms with E-state index in [-0.39, 0.29) is 36.1 Å². The van der Waals surface area contributed by atoms with Gasteiger partial charge in [0.1, 0.15) is 6.61 Å². The Bertz CT molecular complexity index is 660. The normalized spacial score (nSPS) is 22.8. The predicted molar refractivity (Wildman–Crippen MR) is 121 cm³/mol. The number of fused-ring (bicyclic) bond motifs is 1. The van der Waals surface area contributed by atoms with Crippen LogP contribution in [0.4, 0.5) is 0 Å². The Morgan fingerprint density at radius 1 is 1.28 bits per heavy atom. The zero-order valence-corrected chi connectivity index (χ0v) is 19.3. The third kappa shape index (κ3) is 6.14. The van der Waals surface area contributed by atoms with E-state index in [1.807, 2.05) is 32.3 Å². The highest BCUT2D eigenvalue weighted by Gasteiger charge is 2.49. The van der Waals surface area contributed by atoms with Crippen molar-refractivity contribution in [3.63, 3.8) is 0 Å². The van der Waals surface area contributed by atoms with E-state index >= 15 is 0 Å². The molecule has 1 heterocycles. The number of nitrogens with zero attached hydrogens (tertiary/aromatic N) is 1. The lowest BCUT2D eigenvalue weighted by Gasteiger charge is -2.37. The van der Waals surface area contributed by atoms with Crippen molar-refractivity contribution in [3.05, 3.63) is 23.8 Å². The fourth-order valence-electron chi connectivity index (χ4n) is 4.33. The number of ether oxygens (including phenoxy) is 2. The van der Waals surface area contributed by atoms with E-state index in [2.05, 4.69) is 15.5 Å². The van der Waals surface area contributed by atoms with Gasteiger partial charge in [-0.15, -0.1) is 24.8 Å². The van der Waals surface area contributed by atoms with Gasteiger partial charge >= 0.3 is 0 Å². The van der Waals surface area contributed by atoms with E-state index < -0.39 is 0 Å². The van der Waals surface area contributed by atoms with Gasteiger partial charge in [-0.05, 0) is 57.1 Å². The fraction of sp³-hybridized carbons (Fsp3) is 0.667. The van der Waals surface area contributed by atoms with Crippen LogP contribution in [0.2, 0.25) is 0 Å². The van der Waals surface area contributed by atoms with Crippen molar-refractivity contribution in [1.29, 1.82) is 0 Å². The molecular weight excluding hydrogens is 413 g/mol. The molecule has 2 aliphatic rings. The van der Waals surface area contributed by atoms with Crippen molar-refractivity contribution < 1.29 is 14.3 Å². The Kier molecular flexibility index (Phi) is 10.5. The number of rotatable bonds is 8. The lowest BCUT2D eigenvalue weighted by molar-refractivity contribution is -0.134. The molecule has 1 aliphatic heterocycles. The summed E-state index contributed by atoms with van der Waals surface area (Å²) < 4.78 is 11.3. The first kappa shape index (κ1) is 25.8. The van der Waals surface area contributed by atoms with Crippen molar-refractivity contribution in [2.45, 2.75) is 32.2 Å². The summed E-state index contributed by atoms with van der Waals surface area (Å²) in [7, 11) is 5.68. The van der Waals surface area contributed by atoms with Crippen molar-refractivity contribution in [1.82, 2.24) is 15.5 Å². The lowest BCUT2D eigenvalue weighted by atomic mass is 9.67. The van der Waals surface area contributed by atoms with Gasteiger partial charge in [0.05, 0.1) is 12.5 Å². The third-order valence-corrected chi connectivity index (χ3v) is 5.97. The monoisotopic (exact) mass is 447 g/mol. The molecule has 6 nitrogen and oxygen atoms in total. The maximum atomic E-state index is 13.0. The van der Waals surface area contributed by atoms with Crippen LogP contribution < -0.4 is 20.1 Å². The molecule has 2 N–H and O–H groups in total. The second-order valence-corrected chi connectivity index (χ2v) is 8.05. The lowest BCUT2D eigenvalue weighted by Crippen LogP contribution is -2.47. The van der Waals surface area contributed by atoms with Crippen molar-refractivity contribution in [3.8, 4) is 11.5 Å². The van der Waals surface area contributed by atoms with Gasteiger partial charge in [-0.3, -0.25) is 4.79 Å². The molecule has 0 unspecified atom stereocenters. The van der Waals surface area contributed by atoms with Gasteiger partial charge in [0, 0.05) is 19.6 Å². The molecule has 1 saturated carbocycles. The average Bonchev–Trinajstić information content (AvgIpc) is 3.11. The third-order valence-electron chi connectivity index (χ3n) is 5.97. The summed E-state index contributed by atoms with van der Waals surface area (Å²) in [4.78, 5) is 15.1. The molecule has 0 aromatic heterocycles. The van der Waals surface area contributed by atoms with E-state index in [9.17, 15) is 4.79 Å². The summed E-state index contributed by atoms with van der Waals surface area (Å²) in [6.45, 7) is 3.75. The molecule has 1 saturated heterocycles. The zero-order chi connectivity index (χ0) is 19.3. The van der Waals surface area contributed by atoms with Crippen LogP contribution in [0.25, 0.3) is 0 Å². The minimum atomic E-state index is -0.211. The molecule has 0 bridgehead atoms. The van der Waals surface area contributed by atoms with Gasteiger partial charge in [0.15, 0.2) is 11.5 Å². The Morgan fingerprint density at radius 2 is 2.07 bits per heavy atom. The van der Waals surface area contributed by atoms with Crippen LogP contribution in [-0.4, -0.2) is 58.3 Å². The number of halogens is 2. The first-order chi connectivity index (χ1) is 13.0. The van der Waals surface area contributed by atoms with Crippen molar-refractivity contribution in [2.24, 2.45) is 11.3 Å². The van der Waals surface area contributed by atoms with E-state index in [1.165, 1.54) is 6.42 Å². The van der Waals surface area contributed by atoms with E-state index in [1.54, 1.807) is 7.11 Å². The Morgan fingerprint density at radius 3 is 2.79 bits per heavy atom. The molecular formula is C21H35Cl2N3O3. The molecule has 8 heteroatoms. The fourth-order valence-corrected chi connectivity index (χ4v) is 4.33. The maximum absolute atomic E-state index is 13.0. The van der Waals surface area contributed by atoms with E-state index in [4.69, 9.17) is 9.47 Å². The summed E-state index contributed by atoms with van der Waals surface area (Å²) in [5.41, 5.74) is 0.812. The molecule has 1 amide bonds. The van der Waals surface area contributed by atoms with Crippen LogP contribution in [0.15, 0.2) is 18.2 Å². The summed E-state index contributed by atoms with van der Waals surface area (Å²) in [5, 5.41) is 6.61. The number of amides is 1. The number of methoxy groups -OCH3 is 1. The molecule has 1 aromatic carbocycles. The van der Waals surface area contributed by atoms with Crippen LogP contribution in [0.5, 0.6) is 11.5 Å². The summed E-state index contributed by atoms with van der Waals surface area (Å²) in [6, 6.07) is 5.87. The van der Waals surface area contributed by atoms with E-state index in [0.29, 0.717) is 24.8 Å². The molecule has 0 radical (unpaired) electrons. The topological polar surface area (TPSA) is 62.8 Å². The number of hydrogen-bond donors (Lipinski definition) is 2. The number of likely N-dealkylation sites (N-methyl/N-ethyl adjacent to an activating group) is 1. The maximum Gasteiger partial charge on any atom is 0.228 e. The highest BCUT2D eigenvalue weighted by Crippen LogP contribution is 2.44. The van der Waals surface area contributed by atoms with Gasteiger partial charge in [-0.2, -0.15) is 0 Å². The average molecular weight is 448 g/mol.